The normalized spacial score (nSPS) is 11.6. The van der Waals surface area contributed by atoms with Gasteiger partial charge in [-0.1, -0.05) is 11.6 Å². The molecule has 0 amide bonds. The van der Waals surface area contributed by atoms with Crippen LogP contribution in [-0.4, -0.2) is 28.8 Å². The van der Waals surface area contributed by atoms with E-state index in [1.165, 1.54) is 0 Å². The highest BCUT2D eigenvalue weighted by Gasteiger charge is 2.09. The Kier molecular flexibility index (Phi) is 4.50. The van der Waals surface area contributed by atoms with E-state index in [0.29, 0.717) is 30.1 Å². The Hall–Kier alpha value is -0.870. The van der Waals surface area contributed by atoms with Gasteiger partial charge in [-0.15, -0.1) is 0 Å². The zero-order valence-electron chi connectivity index (χ0n) is 10.1. The first kappa shape index (κ1) is 13.2. The highest BCUT2D eigenvalue weighted by Crippen LogP contribution is 2.13. The molecule has 1 rings (SSSR count). The molecule has 5 heteroatoms. The number of aryl methyl sites for hydroxylation is 1. The molecule has 0 N–H and O–H groups in total. The summed E-state index contributed by atoms with van der Waals surface area (Å²) in [6, 6.07) is 1.59. The first-order valence-electron chi connectivity index (χ1n) is 5.15. The number of hydrogen-bond acceptors (Lipinski definition) is 4. The molecule has 0 saturated carbocycles. The van der Waals surface area contributed by atoms with E-state index in [4.69, 9.17) is 21.1 Å². The number of hydrogen-bond donors (Lipinski definition) is 0. The van der Waals surface area contributed by atoms with Crippen LogP contribution in [-0.2, 0) is 4.74 Å². The van der Waals surface area contributed by atoms with Gasteiger partial charge in [0.05, 0.1) is 12.2 Å². The van der Waals surface area contributed by atoms with Gasteiger partial charge in [-0.2, -0.15) is 4.98 Å². The topological polar surface area (TPSA) is 44.2 Å². The summed E-state index contributed by atoms with van der Waals surface area (Å²) in [5.74, 6) is 1.08. The Bertz CT molecular complexity index is 330. The molecule has 0 spiro atoms. The summed E-state index contributed by atoms with van der Waals surface area (Å²) < 4.78 is 10.9. The SMILES string of the molecule is Cc1nc(Cl)cc(OCCOC(C)(C)C)n1. The minimum Gasteiger partial charge on any atom is -0.475 e. The summed E-state index contributed by atoms with van der Waals surface area (Å²) in [5.41, 5.74) is -0.150. The third-order valence-corrected chi connectivity index (χ3v) is 1.85. The lowest BCUT2D eigenvalue weighted by atomic mass is 10.2. The van der Waals surface area contributed by atoms with Crippen molar-refractivity contribution in [3.05, 3.63) is 17.0 Å². The smallest absolute Gasteiger partial charge is 0.218 e. The zero-order valence-corrected chi connectivity index (χ0v) is 10.8. The van der Waals surface area contributed by atoms with E-state index in [2.05, 4.69) is 9.97 Å². The maximum atomic E-state index is 5.77. The van der Waals surface area contributed by atoms with E-state index in [0.717, 1.165) is 0 Å². The van der Waals surface area contributed by atoms with E-state index in [1.807, 2.05) is 20.8 Å². The third-order valence-electron chi connectivity index (χ3n) is 1.65. The van der Waals surface area contributed by atoms with Gasteiger partial charge in [0, 0.05) is 6.07 Å². The molecular formula is C11H17ClN2O2. The number of ether oxygens (including phenoxy) is 2. The fraction of sp³-hybridized carbons (Fsp3) is 0.636. The molecule has 16 heavy (non-hydrogen) atoms. The van der Waals surface area contributed by atoms with Crippen LogP contribution in [0.25, 0.3) is 0 Å². The second-order valence-corrected chi connectivity index (χ2v) is 4.77. The van der Waals surface area contributed by atoms with Gasteiger partial charge >= 0.3 is 0 Å². The Morgan fingerprint density at radius 2 is 1.94 bits per heavy atom. The predicted octanol–water partition coefficient (Wildman–Crippen LogP) is 2.63. The molecule has 1 aromatic rings. The number of aromatic nitrogens is 2. The lowest BCUT2D eigenvalue weighted by molar-refractivity contribution is -0.0168. The van der Waals surface area contributed by atoms with Crippen molar-refractivity contribution in [1.82, 2.24) is 9.97 Å². The predicted molar refractivity (Wildman–Crippen MR) is 63.0 cm³/mol. The molecule has 0 fully saturated rings. The molecule has 0 aliphatic rings. The van der Waals surface area contributed by atoms with E-state index in [1.54, 1.807) is 13.0 Å². The summed E-state index contributed by atoms with van der Waals surface area (Å²) in [7, 11) is 0. The Labute approximate surface area is 101 Å². The van der Waals surface area contributed by atoms with Gasteiger partial charge < -0.3 is 9.47 Å². The summed E-state index contributed by atoms with van der Waals surface area (Å²) in [6.45, 7) is 8.73. The molecule has 0 saturated heterocycles. The molecule has 0 bridgehead atoms. The lowest BCUT2D eigenvalue weighted by Gasteiger charge is -2.19. The molecule has 1 aromatic heterocycles. The first-order valence-corrected chi connectivity index (χ1v) is 5.52. The first-order chi connectivity index (χ1) is 7.37. The highest BCUT2D eigenvalue weighted by atomic mass is 35.5. The van der Waals surface area contributed by atoms with Crippen LogP contribution in [0, 0.1) is 6.92 Å². The average Bonchev–Trinajstić information content (AvgIpc) is 2.09. The van der Waals surface area contributed by atoms with Crippen LogP contribution in [0.15, 0.2) is 6.07 Å². The number of rotatable bonds is 4. The molecular weight excluding hydrogens is 228 g/mol. The van der Waals surface area contributed by atoms with Crippen molar-refractivity contribution in [2.75, 3.05) is 13.2 Å². The van der Waals surface area contributed by atoms with Crippen molar-refractivity contribution in [1.29, 1.82) is 0 Å². The fourth-order valence-corrected chi connectivity index (χ4v) is 1.29. The molecule has 0 atom stereocenters. The summed E-state index contributed by atoms with van der Waals surface area (Å²) in [4.78, 5) is 8.04. The van der Waals surface area contributed by atoms with Gasteiger partial charge in [-0.05, 0) is 27.7 Å². The lowest BCUT2D eigenvalue weighted by Crippen LogP contribution is -2.22. The minimum atomic E-state index is -0.150. The monoisotopic (exact) mass is 244 g/mol. The Balaban J connectivity index is 2.37. The number of nitrogens with zero attached hydrogens (tertiary/aromatic N) is 2. The van der Waals surface area contributed by atoms with Crippen LogP contribution in [0.5, 0.6) is 5.88 Å². The average molecular weight is 245 g/mol. The van der Waals surface area contributed by atoms with Gasteiger partial charge in [0.1, 0.15) is 17.6 Å². The molecule has 0 aliphatic heterocycles. The van der Waals surface area contributed by atoms with Crippen molar-refractivity contribution in [2.45, 2.75) is 33.3 Å². The molecule has 0 aliphatic carbocycles. The fourth-order valence-electron chi connectivity index (χ4n) is 1.07. The Morgan fingerprint density at radius 3 is 2.50 bits per heavy atom. The highest BCUT2D eigenvalue weighted by molar-refractivity contribution is 6.29. The summed E-state index contributed by atoms with van der Waals surface area (Å²) in [6.07, 6.45) is 0. The van der Waals surface area contributed by atoms with Crippen LogP contribution in [0.2, 0.25) is 5.15 Å². The molecule has 0 aromatic carbocycles. The minimum absolute atomic E-state index is 0.150. The van der Waals surface area contributed by atoms with Crippen LogP contribution < -0.4 is 4.74 Å². The zero-order chi connectivity index (χ0) is 12.2. The van der Waals surface area contributed by atoms with Crippen LogP contribution in [0.4, 0.5) is 0 Å². The van der Waals surface area contributed by atoms with Crippen molar-refractivity contribution in [2.24, 2.45) is 0 Å². The van der Waals surface area contributed by atoms with Crippen molar-refractivity contribution < 1.29 is 9.47 Å². The maximum absolute atomic E-state index is 5.77. The second kappa shape index (κ2) is 5.46. The van der Waals surface area contributed by atoms with Crippen LogP contribution >= 0.6 is 11.6 Å². The van der Waals surface area contributed by atoms with Crippen LogP contribution in [0.1, 0.15) is 26.6 Å². The second-order valence-electron chi connectivity index (χ2n) is 4.39. The van der Waals surface area contributed by atoms with E-state index < -0.39 is 0 Å². The van der Waals surface area contributed by atoms with E-state index >= 15 is 0 Å². The van der Waals surface area contributed by atoms with Crippen molar-refractivity contribution in [3.8, 4) is 5.88 Å². The van der Waals surface area contributed by atoms with E-state index in [-0.39, 0.29) is 5.60 Å². The van der Waals surface area contributed by atoms with Gasteiger partial charge in [-0.3, -0.25) is 0 Å². The van der Waals surface area contributed by atoms with Gasteiger partial charge in [0.2, 0.25) is 5.88 Å². The van der Waals surface area contributed by atoms with Gasteiger partial charge in [0.15, 0.2) is 0 Å². The van der Waals surface area contributed by atoms with Crippen molar-refractivity contribution >= 4 is 11.6 Å². The quantitative estimate of drug-likeness (QED) is 0.603. The largest absolute Gasteiger partial charge is 0.475 e. The number of halogens is 1. The molecule has 0 unspecified atom stereocenters. The maximum Gasteiger partial charge on any atom is 0.218 e. The standard InChI is InChI=1S/C11H17ClN2O2/c1-8-13-9(12)7-10(14-8)15-5-6-16-11(2,3)4/h7H,5-6H2,1-4H3. The molecule has 0 radical (unpaired) electrons. The summed E-state index contributed by atoms with van der Waals surface area (Å²) >= 11 is 5.77. The van der Waals surface area contributed by atoms with Crippen LogP contribution in [0.3, 0.4) is 0 Å². The van der Waals surface area contributed by atoms with Gasteiger partial charge in [0.25, 0.3) is 0 Å². The Morgan fingerprint density at radius 1 is 1.25 bits per heavy atom. The molecule has 4 nitrogen and oxygen atoms in total. The third kappa shape index (κ3) is 5.28. The van der Waals surface area contributed by atoms with Crippen molar-refractivity contribution in [3.63, 3.8) is 0 Å². The molecule has 1 heterocycles. The summed E-state index contributed by atoms with van der Waals surface area (Å²) in [5, 5.41) is 0.388. The van der Waals surface area contributed by atoms with Gasteiger partial charge in [-0.25, -0.2) is 4.98 Å². The molecule has 90 valence electrons. The van der Waals surface area contributed by atoms with E-state index in [9.17, 15) is 0 Å².